The van der Waals surface area contributed by atoms with Crippen LogP contribution in [0.5, 0.6) is 0 Å². The van der Waals surface area contributed by atoms with Gasteiger partial charge in [0, 0.05) is 18.5 Å². The van der Waals surface area contributed by atoms with Crippen LogP contribution in [0.4, 0.5) is 10.1 Å². The number of anilines is 1. The van der Waals surface area contributed by atoms with E-state index < -0.39 is 33.2 Å². The molecular weight excluding hydrogens is 433 g/mol. The predicted octanol–water partition coefficient (Wildman–Crippen LogP) is 3.31. The van der Waals surface area contributed by atoms with Crippen LogP contribution < -0.4 is 15.4 Å². The zero-order valence-corrected chi connectivity index (χ0v) is 18.3. The largest absolute Gasteiger partial charge is 0.351 e. The van der Waals surface area contributed by atoms with Crippen molar-refractivity contribution in [3.8, 4) is 0 Å². The van der Waals surface area contributed by atoms with Crippen molar-refractivity contribution in [1.29, 1.82) is 0 Å². The Labute approximate surface area is 180 Å². The molecule has 2 amide bonds. The third kappa shape index (κ3) is 6.79. The van der Waals surface area contributed by atoms with Crippen LogP contribution in [0.2, 0.25) is 5.02 Å². The van der Waals surface area contributed by atoms with Crippen molar-refractivity contribution in [2.45, 2.75) is 37.6 Å². The lowest BCUT2D eigenvalue weighted by molar-refractivity contribution is -0.116. The zero-order valence-electron chi connectivity index (χ0n) is 16.8. The lowest BCUT2D eigenvalue weighted by atomic mass is 10.1. The molecule has 0 spiro atoms. The summed E-state index contributed by atoms with van der Waals surface area (Å²) >= 11 is 5.84. The molecular formula is C20H23ClFN3O4S. The Balaban J connectivity index is 2.00. The minimum Gasteiger partial charge on any atom is -0.351 e. The van der Waals surface area contributed by atoms with Gasteiger partial charge < -0.3 is 10.6 Å². The molecule has 0 saturated heterocycles. The van der Waals surface area contributed by atoms with Gasteiger partial charge in [0.15, 0.2) is 0 Å². The van der Waals surface area contributed by atoms with E-state index in [-0.39, 0.29) is 34.1 Å². The molecule has 0 aliphatic rings. The minimum atomic E-state index is -3.85. The van der Waals surface area contributed by atoms with Crippen LogP contribution in [0.15, 0.2) is 47.4 Å². The summed E-state index contributed by atoms with van der Waals surface area (Å²) in [6, 6.07) is 9.40. The molecule has 0 radical (unpaired) electrons. The third-order valence-electron chi connectivity index (χ3n) is 3.70. The molecule has 30 heavy (non-hydrogen) atoms. The van der Waals surface area contributed by atoms with Crippen molar-refractivity contribution in [3.63, 3.8) is 0 Å². The van der Waals surface area contributed by atoms with Gasteiger partial charge in [0.2, 0.25) is 15.9 Å². The van der Waals surface area contributed by atoms with Gasteiger partial charge in [-0.15, -0.1) is 0 Å². The average Bonchev–Trinajstić information content (AvgIpc) is 2.59. The molecule has 0 heterocycles. The highest BCUT2D eigenvalue weighted by molar-refractivity contribution is 7.89. The minimum absolute atomic E-state index is 0.0203. The molecule has 162 valence electrons. The number of nitrogens with one attached hydrogen (secondary N) is 3. The van der Waals surface area contributed by atoms with E-state index in [1.807, 2.05) is 0 Å². The molecule has 0 bridgehead atoms. The summed E-state index contributed by atoms with van der Waals surface area (Å²) in [4.78, 5) is 24.3. The smallest absolute Gasteiger partial charge is 0.252 e. The number of para-hydroxylation sites is 1. The fourth-order valence-corrected chi connectivity index (χ4v) is 4.37. The molecule has 0 saturated carbocycles. The Kier molecular flexibility index (Phi) is 7.57. The summed E-state index contributed by atoms with van der Waals surface area (Å²) in [7, 11) is -3.85. The van der Waals surface area contributed by atoms with Crippen LogP contribution >= 0.6 is 11.6 Å². The SMILES string of the molecule is CC(C)(C)NS(=O)(=O)c1ccccc1NC(=O)CCNC(=O)c1ccc(F)cc1Cl. The van der Waals surface area contributed by atoms with E-state index in [0.717, 1.165) is 12.1 Å². The van der Waals surface area contributed by atoms with Gasteiger partial charge in [-0.05, 0) is 51.1 Å². The first kappa shape index (κ1) is 23.8. The number of hydrogen-bond donors (Lipinski definition) is 3. The molecule has 3 N–H and O–H groups in total. The van der Waals surface area contributed by atoms with Gasteiger partial charge in [-0.2, -0.15) is 0 Å². The average molecular weight is 456 g/mol. The number of rotatable bonds is 7. The van der Waals surface area contributed by atoms with Crippen molar-refractivity contribution < 1.29 is 22.4 Å². The van der Waals surface area contributed by atoms with Crippen molar-refractivity contribution >= 4 is 39.1 Å². The highest BCUT2D eigenvalue weighted by Gasteiger charge is 2.25. The van der Waals surface area contributed by atoms with Crippen LogP contribution in [0.3, 0.4) is 0 Å². The van der Waals surface area contributed by atoms with Crippen LogP contribution in [0.25, 0.3) is 0 Å². The Morgan fingerprint density at radius 1 is 1.10 bits per heavy atom. The van der Waals surface area contributed by atoms with Gasteiger partial charge in [0.1, 0.15) is 10.7 Å². The van der Waals surface area contributed by atoms with Gasteiger partial charge >= 0.3 is 0 Å². The second-order valence-corrected chi connectivity index (χ2v) is 9.59. The van der Waals surface area contributed by atoms with Gasteiger partial charge in [0.25, 0.3) is 5.91 Å². The topological polar surface area (TPSA) is 104 Å². The maximum absolute atomic E-state index is 13.1. The van der Waals surface area contributed by atoms with E-state index in [1.165, 1.54) is 18.2 Å². The summed E-state index contributed by atoms with van der Waals surface area (Å²) in [5, 5.41) is 5.02. The van der Waals surface area contributed by atoms with Gasteiger partial charge in [-0.1, -0.05) is 23.7 Å². The Bertz CT molecular complexity index is 1050. The highest BCUT2D eigenvalue weighted by atomic mass is 35.5. The lowest BCUT2D eigenvalue weighted by Gasteiger charge is -2.21. The molecule has 0 aliphatic carbocycles. The molecule has 0 fully saturated rings. The number of carbonyl (C=O) groups is 2. The van der Waals surface area contributed by atoms with Crippen molar-refractivity contribution in [1.82, 2.24) is 10.0 Å². The van der Waals surface area contributed by atoms with Crippen LogP contribution in [0, 0.1) is 5.82 Å². The first-order valence-electron chi connectivity index (χ1n) is 9.05. The Hall–Kier alpha value is -2.49. The molecule has 0 atom stereocenters. The molecule has 2 rings (SSSR count). The van der Waals surface area contributed by atoms with E-state index >= 15 is 0 Å². The predicted molar refractivity (Wildman–Crippen MR) is 114 cm³/mol. The van der Waals surface area contributed by atoms with Crippen LogP contribution in [-0.4, -0.2) is 32.3 Å². The first-order chi connectivity index (χ1) is 13.9. The zero-order chi connectivity index (χ0) is 22.5. The fraction of sp³-hybridized carbons (Fsp3) is 0.300. The van der Waals surface area contributed by atoms with Crippen molar-refractivity contribution in [2.75, 3.05) is 11.9 Å². The number of halogens is 2. The summed E-state index contributed by atoms with van der Waals surface area (Å²) < 4.78 is 40.8. The maximum Gasteiger partial charge on any atom is 0.252 e. The van der Waals surface area contributed by atoms with Gasteiger partial charge in [-0.3, -0.25) is 9.59 Å². The van der Waals surface area contributed by atoms with Crippen molar-refractivity contribution in [2.24, 2.45) is 0 Å². The lowest BCUT2D eigenvalue weighted by Crippen LogP contribution is -2.40. The molecule has 0 aliphatic heterocycles. The van der Waals surface area contributed by atoms with Crippen LogP contribution in [-0.2, 0) is 14.8 Å². The molecule has 7 nitrogen and oxygen atoms in total. The molecule has 2 aromatic carbocycles. The summed E-state index contributed by atoms with van der Waals surface area (Å²) in [5.74, 6) is -1.60. The summed E-state index contributed by atoms with van der Waals surface area (Å²) in [6.45, 7) is 5.11. The van der Waals surface area contributed by atoms with E-state index in [4.69, 9.17) is 11.6 Å². The highest BCUT2D eigenvalue weighted by Crippen LogP contribution is 2.22. The number of hydrogen-bond acceptors (Lipinski definition) is 4. The van der Waals surface area contributed by atoms with E-state index in [9.17, 15) is 22.4 Å². The Morgan fingerprint density at radius 3 is 2.40 bits per heavy atom. The molecule has 2 aromatic rings. The Morgan fingerprint density at radius 2 is 1.77 bits per heavy atom. The third-order valence-corrected chi connectivity index (χ3v) is 5.83. The summed E-state index contributed by atoms with van der Waals surface area (Å²) in [6.07, 6.45) is -0.106. The van der Waals surface area contributed by atoms with Gasteiger partial charge in [0.05, 0.1) is 16.3 Å². The maximum atomic E-state index is 13.1. The van der Waals surface area contributed by atoms with E-state index in [0.29, 0.717) is 0 Å². The molecule has 10 heteroatoms. The van der Waals surface area contributed by atoms with E-state index in [2.05, 4.69) is 15.4 Å². The van der Waals surface area contributed by atoms with Crippen molar-refractivity contribution in [3.05, 3.63) is 58.9 Å². The fourth-order valence-electron chi connectivity index (χ4n) is 2.53. The number of amides is 2. The van der Waals surface area contributed by atoms with Crippen LogP contribution in [0.1, 0.15) is 37.6 Å². The second kappa shape index (κ2) is 9.55. The monoisotopic (exact) mass is 455 g/mol. The quantitative estimate of drug-likeness (QED) is 0.595. The second-order valence-electron chi connectivity index (χ2n) is 7.53. The first-order valence-corrected chi connectivity index (χ1v) is 10.9. The number of sulfonamides is 1. The normalized spacial score (nSPS) is 11.8. The molecule has 0 aromatic heterocycles. The number of carbonyl (C=O) groups excluding carboxylic acids is 2. The number of benzene rings is 2. The molecule has 0 unspecified atom stereocenters. The van der Waals surface area contributed by atoms with E-state index in [1.54, 1.807) is 32.9 Å². The standard InChI is InChI=1S/C20H23ClFN3O4S/c1-20(2,3)25-30(28,29)17-7-5-4-6-16(17)24-18(26)10-11-23-19(27)14-9-8-13(22)12-15(14)21/h4-9,12,25H,10-11H2,1-3H3,(H,23,27)(H,24,26). The van der Waals surface area contributed by atoms with Gasteiger partial charge in [-0.25, -0.2) is 17.5 Å². The summed E-state index contributed by atoms with van der Waals surface area (Å²) in [5.41, 5.74) is -0.475.